The number of imide groups is 1. The highest BCUT2D eigenvalue weighted by Crippen LogP contribution is 2.52. The molecule has 1 saturated carbocycles. The van der Waals surface area contributed by atoms with E-state index >= 15 is 8.78 Å². The summed E-state index contributed by atoms with van der Waals surface area (Å²) in [5, 5.41) is 13.4. The zero-order chi connectivity index (χ0) is 44.2. The molecule has 3 amide bonds. The van der Waals surface area contributed by atoms with E-state index in [4.69, 9.17) is 9.72 Å². The Balaban J connectivity index is 0.710. The van der Waals surface area contributed by atoms with Gasteiger partial charge in [0, 0.05) is 52.0 Å². The fraction of sp³-hybridized carbons (Fsp3) is 0.558. The third-order valence-corrected chi connectivity index (χ3v) is 14.8. The summed E-state index contributed by atoms with van der Waals surface area (Å²) >= 11 is 0. The molecule has 1 spiro atoms. The van der Waals surface area contributed by atoms with Crippen molar-refractivity contribution in [2.24, 2.45) is 18.4 Å². The summed E-state index contributed by atoms with van der Waals surface area (Å²) in [5.74, 6) is -3.68. The number of aryl methyl sites for hydroxylation is 1. The van der Waals surface area contributed by atoms with Gasteiger partial charge in [0.05, 0.1) is 65.4 Å². The first kappa shape index (κ1) is 40.9. The number of piperidine rings is 2. The molecule has 1 aliphatic carbocycles. The number of imidazole rings is 1. The topological polar surface area (TPSA) is 169 Å². The van der Waals surface area contributed by atoms with Crippen molar-refractivity contribution >= 4 is 51.6 Å². The Morgan fingerprint density at radius 3 is 2.58 bits per heavy atom. The largest absolute Gasteiger partial charge is 0.374 e. The summed E-state index contributed by atoms with van der Waals surface area (Å²) in [6, 6.07) is 6.31. The van der Waals surface area contributed by atoms with Crippen LogP contribution in [0.5, 0.6) is 0 Å². The maximum Gasteiger partial charge on any atom is 0.329 e. The first-order valence-electron chi connectivity index (χ1n) is 22.1. The number of alkyl halides is 4. The standard InChI is InChI=1S/C43H48F4N12O5/c1-53-36-30(3-2-4-31(36)59(41(53)63)32-9-10-34(60)51-40(32)62)55-21-42(22-55)12-14-54(23-43(42,46)47)17-24-5-7-25(8-6-24)58-19-29(35(52-58)37(44)45)49-39(61)28-16-48-57-13-11-33(50-38(28)57)56-18-27-15-26(56)20-64-27/h2-4,11,13,16,19,24-27,32,37H,5-10,12,14-15,17-18,20-23H2,1H3,(H,49,61)(H,51,60,62)/t24-,25-,26-,27-,32?/m1/s1. The van der Waals surface area contributed by atoms with Crippen molar-refractivity contribution in [2.75, 3.05) is 61.0 Å². The maximum absolute atomic E-state index is 16.2. The van der Waals surface area contributed by atoms with E-state index in [9.17, 15) is 28.0 Å². The highest BCUT2D eigenvalue weighted by Gasteiger charge is 2.63. The van der Waals surface area contributed by atoms with Crippen molar-refractivity contribution in [1.29, 1.82) is 0 Å². The fourth-order valence-electron chi connectivity index (χ4n) is 11.2. The van der Waals surface area contributed by atoms with Gasteiger partial charge in [0.25, 0.3) is 18.3 Å². The second kappa shape index (κ2) is 15.1. The van der Waals surface area contributed by atoms with Crippen molar-refractivity contribution in [3.05, 3.63) is 64.6 Å². The number of ether oxygens (including phenoxy) is 1. The van der Waals surface area contributed by atoms with E-state index in [-0.39, 0.29) is 73.7 Å². The number of para-hydroxylation sites is 1. The van der Waals surface area contributed by atoms with E-state index in [0.29, 0.717) is 86.5 Å². The molecule has 5 saturated heterocycles. The fourth-order valence-corrected chi connectivity index (χ4v) is 11.2. The van der Waals surface area contributed by atoms with Gasteiger partial charge in [0.15, 0.2) is 11.3 Å². The normalized spacial score (nSPS) is 26.7. The molecule has 338 valence electrons. The molecule has 0 radical (unpaired) electrons. The van der Waals surface area contributed by atoms with Crippen LogP contribution in [0.3, 0.4) is 0 Å². The monoisotopic (exact) mass is 888 g/mol. The third-order valence-electron chi connectivity index (χ3n) is 14.8. The van der Waals surface area contributed by atoms with Crippen molar-refractivity contribution < 1.29 is 36.7 Å². The predicted molar refractivity (Wildman–Crippen MR) is 224 cm³/mol. The Hall–Kier alpha value is -5.83. The van der Waals surface area contributed by atoms with Crippen LogP contribution in [0.1, 0.15) is 85.9 Å². The number of carbonyl (C=O) groups excluding carboxylic acids is 3. The number of anilines is 3. The van der Waals surface area contributed by atoms with Crippen molar-refractivity contribution in [3.63, 3.8) is 0 Å². The van der Waals surface area contributed by atoms with Gasteiger partial charge in [-0.25, -0.2) is 31.9 Å². The van der Waals surface area contributed by atoms with E-state index in [2.05, 4.69) is 25.7 Å². The summed E-state index contributed by atoms with van der Waals surface area (Å²) < 4.78 is 72.6. The molecule has 6 aliphatic rings. The zero-order valence-corrected chi connectivity index (χ0v) is 35.1. The highest BCUT2D eigenvalue weighted by atomic mass is 19.3. The minimum atomic E-state index is -2.97. The molecule has 2 bridgehead atoms. The van der Waals surface area contributed by atoms with E-state index in [1.807, 2.05) is 21.9 Å². The Bertz CT molecular complexity index is 2750. The van der Waals surface area contributed by atoms with Gasteiger partial charge < -0.3 is 19.9 Å². The molecule has 11 rings (SSSR count). The SMILES string of the molecule is Cn1c(=O)n(C2CCC(=O)NC2=O)c2cccc(N3CC4(CCN(C[C@H]5CC[C@H](n6cc(NC(=O)c7cnn8ccc(N9C[C@H]%10C[C@@H]9CO%10)nc78)c(C(F)F)n6)CC5)CC4(F)F)C3)c21. The zero-order valence-electron chi connectivity index (χ0n) is 35.1. The quantitative estimate of drug-likeness (QED) is 0.160. The molecule has 3 atom stereocenters. The lowest BCUT2D eigenvalue weighted by Gasteiger charge is -2.58. The lowest BCUT2D eigenvalue weighted by molar-refractivity contribution is -0.181. The minimum absolute atomic E-state index is 0.0861. The van der Waals surface area contributed by atoms with Gasteiger partial charge in [-0.1, -0.05) is 6.07 Å². The van der Waals surface area contributed by atoms with Gasteiger partial charge in [-0.2, -0.15) is 10.2 Å². The molecule has 21 heteroatoms. The van der Waals surface area contributed by atoms with Crippen LogP contribution in [0, 0.1) is 11.3 Å². The Kier molecular flexibility index (Phi) is 9.67. The van der Waals surface area contributed by atoms with Crippen LogP contribution >= 0.6 is 0 Å². The number of likely N-dealkylation sites (tertiary alicyclic amines) is 1. The molecular weight excluding hydrogens is 841 g/mol. The Morgan fingerprint density at radius 2 is 1.86 bits per heavy atom. The first-order chi connectivity index (χ1) is 30.8. The number of hydrogen-bond acceptors (Lipinski definition) is 11. The molecule has 1 unspecified atom stereocenters. The predicted octanol–water partition coefficient (Wildman–Crippen LogP) is 4.30. The van der Waals surface area contributed by atoms with Crippen LogP contribution in [0.2, 0.25) is 0 Å². The van der Waals surface area contributed by atoms with E-state index in [0.717, 1.165) is 6.42 Å². The second-order valence-electron chi connectivity index (χ2n) is 18.6. The van der Waals surface area contributed by atoms with Crippen LogP contribution in [-0.4, -0.2) is 120 Å². The third kappa shape index (κ3) is 6.66. The molecule has 9 heterocycles. The number of amides is 3. The number of hydrogen-bond donors (Lipinski definition) is 2. The van der Waals surface area contributed by atoms with E-state index in [1.165, 1.54) is 30.7 Å². The van der Waals surface area contributed by atoms with Gasteiger partial charge in [-0.3, -0.25) is 38.4 Å². The second-order valence-corrected chi connectivity index (χ2v) is 18.6. The van der Waals surface area contributed by atoms with E-state index < -0.39 is 47.0 Å². The number of benzene rings is 1. The average molecular weight is 889 g/mol. The van der Waals surface area contributed by atoms with Crippen LogP contribution in [0.25, 0.3) is 16.7 Å². The van der Waals surface area contributed by atoms with Gasteiger partial charge in [-0.05, 0) is 75.6 Å². The highest BCUT2D eigenvalue weighted by molar-refractivity contribution is 6.08. The summed E-state index contributed by atoms with van der Waals surface area (Å²) in [6.07, 6.45) is 5.95. The summed E-state index contributed by atoms with van der Waals surface area (Å²) in [4.78, 5) is 62.1. The number of carbonyl (C=O) groups is 3. The number of nitrogens with one attached hydrogen (secondary N) is 2. The van der Waals surface area contributed by atoms with Gasteiger partial charge in [0.1, 0.15) is 17.4 Å². The van der Waals surface area contributed by atoms with E-state index in [1.54, 1.807) is 25.4 Å². The summed E-state index contributed by atoms with van der Waals surface area (Å²) in [7, 11) is 1.60. The Morgan fingerprint density at radius 1 is 1.05 bits per heavy atom. The van der Waals surface area contributed by atoms with Crippen molar-refractivity contribution in [2.45, 2.75) is 87.9 Å². The van der Waals surface area contributed by atoms with Crippen LogP contribution in [0.15, 0.2) is 47.7 Å². The molecule has 17 nitrogen and oxygen atoms in total. The maximum atomic E-state index is 16.2. The molecule has 4 aromatic heterocycles. The van der Waals surface area contributed by atoms with Crippen LogP contribution in [-0.2, 0) is 21.4 Å². The molecule has 64 heavy (non-hydrogen) atoms. The molecule has 6 fully saturated rings. The molecule has 5 aromatic rings. The lowest BCUT2D eigenvalue weighted by atomic mass is 9.68. The number of halogens is 4. The number of aromatic nitrogens is 7. The number of rotatable bonds is 9. The molecule has 5 aliphatic heterocycles. The summed E-state index contributed by atoms with van der Waals surface area (Å²) in [6.45, 7) is 2.21. The molecule has 2 N–H and O–H groups in total. The number of fused-ring (bicyclic) bond motifs is 4. The number of nitrogens with zero attached hydrogens (tertiary/aromatic N) is 10. The smallest absolute Gasteiger partial charge is 0.329 e. The number of morpholine rings is 1. The van der Waals surface area contributed by atoms with Crippen LogP contribution < -0.4 is 26.1 Å². The van der Waals surface area contributed by atoms with Gasteiger partial charge in [0.2, 0.25) is 11.8 Å². The Labute approximate surface area is 363 Å². The van der Waals surface area contributed by atoms with Crippen molar-refractivity contribution in [3.8, 4) is 0 Å². The van der Waals surface area contributed by atoms with Crippen LogP contribution in [0.4, 0.5) is 34.8 Å². The minimum Gasteiger partial charge on any atom is -0.374 e. The molecule has 1 aromatic carbocycles. The van der Waals surface area contributed by atoms with Gasteiger partial charge in [-0.15, -0.1) is 0 Å². The average Bonchev–Trinajstić information content (AvgIpc) is 4.10. The van der Waals surface area contributed by atoms with Crippen molar-refractivity contribution in [1.82, 2.24) is 43.7 Å². The summed E-state index contributed by atoms with van der Waals surface area (Å²) in [5.41, 5.74) is -0.0859. The van der Waals surface area contributed by atoms with Gasteiger partial charge >= 0.3 is 5.69 Å². The lowest BCUT2D eigenvalue weighted by Crippen LogP contribution is -2.70. The first-order valence-corrected chi connectivity index (χ1v) is 22.1. The molecular formula is C43H48F4N12O5.